The van der Waals surface area contributed by atoms with Crippen LogP contribution in [0.2, 0.25) is 0 Å². The average molecular weight is 256 g/mol. The van der Waals surface area contributed by atoms with Crippen molar-refractivity contribution in [2.75, 3.05) is 6.61 Å². The van der Waals surface area contributed by atoms with Crippen molar-refractivity contribution in [2.24, 2.45) is 11.8 Å². The van der Waals surface area contributed by atoms with Gasteiger partial charge in [-0.3, -0.25) is 11.3 Å². The monoisotopic (exact) mass is 256 g/mol. The largest absolute Gasteiger partial charge is 0.374 e. The SMILES string of the molecule is CCOC1(C(CC(CC)CC)NN)CCCCC1. The lowest BCUT2D eigenvalue weighted by Gasteiger charge is -2.44. The van der Waals surface area contributed by atoms with Crippen LogP contribution in [0.25, 0.3) is 0 Å². The minimum absolute atomic E-state index is 0.00958. The van der Waals surface area contributed by atoms with E-state index in [9.17, 15) is 0 Å². The quantitative estimate of drug-likeness (QED) is 0.517. The molecule has 1 fully saturated rings. The van der Waals surface area contributed by atoms with Crippen molar-refractivity contribution in [2.45, 2.75) is 83.8 Å². The first-order valence-corrected chi connectivity index (χ1v) is 7.82. The maximum absolute atomic E-state index is 6.17. The number of rotatable bonds is 8. The predicted octanol–water partition coefficient (Wildman–Crippen LogP) is 3.38. The van der Waals surface area contributed by atoms with Gasteiger partial charge in [-0.25, -0.2) is 0 Å². The molecule has 1 aliphatic carbocycles. The number of hydrogen-bond donors (Lipinski definition) is 2. The number of nitrogens with one attached hydrogen (secondary N) is 1. The van der Waals surface area contributed by atoms with Crippen molar-refractivity contribution in [3.05, 3.63) is 0 Å². The Morgan fingerprint density at radius 2 is 1.72 bits per heavy atom. The van der Waals surface area contributed by atoms with Crippen LogP contribution in [0.3, 0.4) is 0 Å². The average Bonchev–Trinajstić information content (AvgIpc) is 2.41. The highest BCUT2D eigenvalue weighted by atomic mass is 16.5. The van der Waals surface area contributed by atoms with Gasteiger partial charge in [0.25, 0.3) is 0 Å². The standard InChI is InChI=1S/C15H32N2O/c1-4-13(5-2)12-14(17-16)15(18-6-3)10-8-7-9-11-15/h13-14,17H,4-12,16H2,1-3H3. The Morgan fingerprint density at radius 1 is 1.11 bits per heavy atom. The lowest BCUT2D eigenvalue weighted by Crippen LogP contribution is -2.56. The van der Waals surface area contributed by atoms with E-state index in [4.69, 9.17) is 10.6 Å². The summed E-state index contributed by atoms with van der Waals surface area (Å²) in [5.41, 5.74) is 3.06. The first kappa shape index (κ1) is 15.9. The molecule has 0 aliphatic heterocycles. The van der Waals surface area contributed by atoms with E-state index in [1.807, 2.05) is 0 Å². The summed E-state index contributed by atoms with van der Waals surface area (Å²) in [7, 11) is 0. The Bertz CT molecular complexity index is 205. The summed E-state index contributed by atoms with van der Waals surface area (Å²) in [5.74, 6) is 6.60. The second kappa shape index (κ2) is 8.13. The van der Waals surface area contributed by atoms with Crippen LogP contribution in [-0.2, 0) is 4.74 Å². The molecule has 0 saturated heterocycles. The number of hydrogen-bond acceptors (Lipinski definition) is 3. The zero-order valence-corrected chi connectivity index (χ0v) is 12.5. The van der Waals surface area contributed by atoms with Gasteiger partial charge < -0.3 is 4.74 Å². The van der Waals surface area contributed by atoms with Gasteiger partial charge in [0.05, 0.1) is 11.6 Å². The van der Waals surface area contributed by atoms with Gasteiger partial charge in [-0.15, -0.1) is 0 Å². The molecule has 3 N–H and O–H groups in total. The van der Waals surface area contributed by atoms with Crippen LogP contribution in [0.5, 0.6) is 0 Å². The van der Waals surface area contributed by atoms with E-state index in [-0.39, 0.29) is 5.60 Å². The highest BCUT2D eigenvalue weighted by molar-refractivity contribution is 4.95. The summed E-state index contributed by atoms with van der Waals surface area (Å²) >= 11 is 0. The van der Waals surface area contributed by atoms with Gasteiger partial charge in [0, 0.05) is 6.61 Å². The molecule has 0 heterocycles. The molecule has 0 aromatic rings. The highest BCUT2D eigenvalue weighted by Gasteiger charge is 2.40. The molecule has 0 bridgehead atoms. The molecule has 0 aromatic carbocycles. The van der Waals surface area contributed by atoms with Gasteiger partial charge in [-0.1, -0.05) is 46.0 Å². The topological polar surface area (TPSA) is 47.3 Å². The van der Waals surface area contributed by atoms with Gasteiger partial charge in [0.15, 0.2) is 0 Å². The molecule has 3 heteroatoms. The van der Waals surface area contributed by atoms with Crippen LogP contribution < -0.4 is 11.3 Å². The summed E-state index contributed by atoms with van der Waals surface area (Å²) < 4.78 is 6.17. The summed E-state index contributed by atoms with van der Waals surface area (Å²) in [6.07, 6.45) is 9.84. The smallest absolute Gasteiger partial charge is 0.0848 e. The lowest BCUT2D eigenvalue weighted by atomic mass is 9.75. The normalized spacial score (nSPS) is 21.2. The molecule has 1 unspecified atom stereocenters. The second-order valence-corrected chi connectivity index (χ2v) is 5.70. The molecule has 1 atom stereocenters. The molecule has 3 nitrogen and oxygen atoms in total. The van der Waals surface area contributed by atoms with E-state index < -0.39 is 0 Å². The number of nitrogens with two attached hydrogens (primary N) is 1. The van der Waals surface area contributed by atoms with Crippen molar-refractivity contribution >= 4 is 0 Å². The fourth-order valence-corrected chi connectivity index (χ4v) is 3.42. The van der Waals surface area contributed by atoms with Crippen molar-refractivity contribution in [1.82, 2.24) is 5.43 Å². The molecule has 0 radical (unpaired) electrons. The molecular formula is C15H32N2O. The first-order chi connectivity index (χ1) is 8.72. The van der Waals surface area contributed by atoms with Crippen molar-refractivity contribution in [3.8, 4) is 0 Å². The minimum Gasteiger partial charge on any atom is -0.374 e. The number of ether oxygens (including phenoxy) is 1. The van der Waals surface area contributed by atoms with E-state index in [0.29, 0.717) is 6.04 Å². The van der Waals surface area contributed by atoms with Crippen LogP contribution in [0.1, 0.15) is 72.1 Å². The molecular weight excluding hydrogens is 224 g/mol. The van der Waals surface area contributed by atoms with E-state index in [1.165, 1.54) is 32.1 Å². The first-order valence-electron chi connectivity index (χ1n) is 7.82. The van der Waals surface area contributed by atoms with Gasteiger partial charge in [-0.2, -0.15) is 0 Å². The third kappa shape index (κ3) is 3.94. The van der Waals surface area contributed by atoms with Gasteiger partial charge in [0.1, 0.15) is 0 Å². The zero-order chi connectivity index (χ0) is 13.4. The fraction of sp³-hybridized carbons (Fsp3) is 1.00. The maximum Gasteiger partial charge on any atom is 0.0848 e. The van der Waals surface area contributed by atoms with E-state index in [1.54, 1.807) is 0 Å². The van der Waals surface area contributed by atoms with Crippen LogP contribution >= 0.6 is 0 Å². The highest BCUT2D eigenvalue weighted by Crippen LogP contribution is 2.37. The van der Waals surface area contributed by atoms with Crippen LogP contribution in [-0.4, -0.2) is 18.2 Å². The third-order valence-electron chi connectivity index (χ3n) is 4.69. The van der Waals surface area contributed by atoms with Crippen LogP contribution in [0.4, 0.5) is 0 Å². The predicted molar refractivity (Wildman–Crippen MR) is 77.2 cm³/mol. The Labute approximate surface area is 113 Å². The van der Waals surface area contributed by atoms with Gasteiger partial charge in [0.2, 0.25) is 0 Å². The summed E-state index contributed by atoms with van der Waals surface area (Å²) in [5, 5.41) is 0. The van der Waals surface area contributed by atoms with E-state index in [0.717, 1.165) is 31.8 Å². The number of hydrazine groups is 1. The van der Waals surface area contributed by atoms with Crippen molar-refractivity contribution < 1.29 is 4.74 Å². The molecule has 0 spiro atoms. The van der Waals surface area contributed by atoms with E-state index in [2.05, 4.69) is 26.2 Å². The fourth-order valence-electron chi connectivity index (χ4n) is 3.42. The second-order valence-electron chi connectivity index (χ2n) is 5.70. The molecule has 108 valence electrons. The van der Waals surface area contributed by atoms with Crippen LogP contribution in [0.15, 0.2) is 0 Å². The maximum atomic E-state index is 6.17. The Kier molecular flexibility index (Phi) is 7.20. The van der Waals surface area contributed by atoms with Gasteiger partial charge in [-0.05, 0) is 32.1 Å². The Balaban J connectivity index is 2.72. The third-order valence-corrected chi connectivity index (χ3v) is 4.69. The molecule has 0 aromatic heterocycles. The summed E-state index contributed by atoms with van der Waals surface area (Å²) in [6, 6.07) is 0.308. The van der Waals surface area contributed by atoms with Crippen LogP contribution in [0, 0.1) is 5.92 Å². The lowest BCUT2D eigenvalue weighted by molar-refractivity contribution is -0.0945. The Hall–Kier alpha value is -0.120. The van der Waals surface area contributed by atoms with E-state index >= 15 is 0 Å². The molecule has 1 rings (SSSR count). The van der Waals surface area contributed by atoms with Crippen molar-refractivity contribution in [3.63, 3.8) is 0 Å². The molecule has 18 heavy (non-hydrogen) atoms. The summed E-state index contributed by atoms with van der Waals surface area (Å²) in [6.45, 7) is 7.44. The Morgan fingerprint density at radius 3 is 2.17 bits per heavy atom. The zero-order valence-electron chi connectivity index (χ0n) is 12.5. The van der Waals surface area contributed by atoms with Gasteiger partial charge >= 0.3 is 0 Å². The molecule has 1 aliphatic rings. The molecule has 1 saturated carbocycles. The van der Waals surface area contributed by atoms with Crippen molar-refractivity contribution in [1.29, 1.82) is 0 Å². The molecule has 0 amide bonds. The minimum atomic E-state index is -0.00958. The summed E-state index contributed by atoms with van der Waals surface area (Å²) in [4.78, 5) is 0.